The minimum absolute atomic E-state index is 0.0678. The molecule has 21 heavy (non-hydrogen) atoms. The number of nitrogens with zero attached hydrogens (tertiary/aromatic N) is 3. The lowest BCUT2D eigenvalue weighted by molar-refractivity contribution is 0.0695. The third kappa shape index (κ3) is 3.07. The zero-order valence-electron chi connectivity index (χ0n) is 12.0. The first-order chi connectivity index (χ1) is 10.1. The van der Waals surface area contributed by atoms with Crippen molar-refractivity contribution in [3.8, 4) is 23.0 Å². The molecule has 0 bridgehead atoms. The Morgan fingerprint density at radius 2 is 2.10 bits per heavy atom. The first kappa shape index (κ1) is 14.7. The molecule has 0 aliphatic carbocycles. The van der Waals surface area contributed by atoms with E-state index >= 15 is 0 Å². The molecule has 0 spiro atoms. The van der Waals surface area contributed by atoms with Gasteiger partial charge in [0.1, 0.15) is 5.75 Å². The molecule has 0 aliphatic rings. The summed E-state index contributed by atoms with van der Waals surface area (Å²) in [5, 5.41) is 9.00. The van der Waals surface area contributed by atoms with Crippen molar-refractivity contribution in [2.45, 2.75) is 13.8 Å². The van der Waals surface area contributed by atoms with E-state index in [2.05, 4.69) is 15.0 Å². The Kier molecular flexibility index (Phi) is 4.32. The highest BCUT2D eigenvalue weighted by Crippen LogP contribution is 2.30. The first-order valence-electron chi connectivity index (χ1n) is 6.31. The summed E-state index contributed by atoms with van der Waals surface area (Å²) in [5.41, 5.74) is 1.03. The lowest BCUT2D eigenvalue weighted by Crippen LogP contribution is -2.05. The van der Waals surface area contributed by atoms with Crippen molar-refractivity contribution in [1.29, 1.82) is 0 Å². The number of aromatic nitrogens is 3. The molecule has 2 heterocycles. The predicted molar refractivity (Wildman–Crippen MR) is 74.7 cm³/mol. The van der Waals surface area contributed by atoms with E-state index in [4.69, 9.17) is 14.6 Å². The van der Waals surface area contributed by atoms with Crippen LogP contribution in [0.25, 0.3) is 11.4 Å². The number of aryl methyl sites for hydroxylation is 1. The van der Waals surface area contributed by atoms with E-state index in [1.165, 1.54) is 13.3 Å². The fourth-order valence-corrected chi connectivity index (χ4v) is 1.78. The van der Waals surface area contributed by atoms with Crippen molar-refractivity contribution >= 4 is 5.97 Å². The van der Waals surface area contributed by atoms with Gasteiger partial charge < -0.3 is 14.6 Å². The summed E-state index contributed by atoms with van der Waals surface area (Å²) >= 11 is 0. The van der Waals surface area contributed by atoms with Crippen molar-refractivity contribution < 1.29 is 19.4 Å². The maximum atomic E-state index is 11.0. The van der Waals surface area contributed by atoms with Crippen LogP contribution < -0.4 is 9.47 Å². The van der Waals surface area contributed by atoms with E-state index in [1.807, 2.05) is 6.92 Å². The van der Waals surface area contributed by atoms with Crippen LogP contribution in [0.3, 0.4) is 0 Å². The normalized spacial score (nSPS) is 10.2. The highest BCUT2D eigenvalue weighted by Gasteiger charge is 2.15. The van der Waals surface area contributed by atoms with E-state index in [-0.39, 0.29) is 5.56 Å². The number of rotatable bonds is 5. The Balaban J connectivity index is 2.50. The Morgan fingerprint density at radius 3 is 2.67 bits per heavy atom. The summed E-state index contributed by atoms with van der Waals surface area (Å²) in [6, 6.07) is 1.64. The quantitative estimate of drug-likeness (QED) is 0.898. The van der Waals surface area contributed by atoms with Crippen LogP contribution in [-0.2, 0) is 0 Å². The summed E-state index contributed by atoms with van der Waals surface area (Å²) in [6.45, 7) is 3.94. The van der Waals surface area contributed by atoms with Crippen LogP contribution in [0.2, 0.25) is 0 Å². The van der Waals surface area contributed by atoms with Crippen molar-refractivity contribution in [2.24, 2.45) is 0 Å². The number of hydrogen-bond donors (Lipinski definition) is 1. The van der Waals surface area contributed by atoms with Gasteiger partial charge in [0.05, 0.1) is 30.5 Å². The van der Waals surface area contributed by atoms with Crippen LogP contribution in [0.15, 0.2) is 18.5 Å². The molecule has 2 aromatic rings. The molecule has 0 radical (unpaired) electrons. The number of carbonyl (C=O) groups is 1. The second-order valence-electron chi connectivity index (χ2n) is 4.15. The zero-order chi connectivity index (χ0) is 15.4. The first-order valence-corrected chi connectivity index (χ1v) is 6.31. The monoisotopic (exact) mass is 289 g/mol. The van der Waals surface area contributed by atoms with Gasteiger partial charge in [-0.3, -0.25) is 0 Å². The Labute approximate surface area is 121 Å². The van der Waals surface area contributed by atoms with Gasteiger partial charge in [-0.1, -0.05) is 0 Å². The van der Waals surface area contributed by atoms with Gasteiger partial charge in [0.25, 0.3) is 0 Å². The lowest BCUT2D eigenvalue weighted by Gasteiger charge is -2.11. The predicted octanol–water partition coefficient (Wildman–Crippen LogP) is 1.95. The van der Waals surface area contributed by atoms with E-state index in [0.29, 0.717) is 35.3 Å². The Bertz CT molecular complexity index is 673. The smallest absolute Gasteiger partial charge is 0.339 e. The summed E-state index contributed by atoms with van der Waals surface area (Å²) in [6.07, 6.45) is 2.82. The number of pyridine rings is 1. The van der Waals surface area contributed by atoms with Crippen molar-refractivity contribution in [2.75, 3.05) is 13.7 Å². The van der Waals surface area contributed by atoms with E-state index in [0.717, 1.165) is 0 Å². The molecular formula is C14H15N3O4. The van der Waals surface area contributed by atoms with Crippen LogP contribution in [0.5, 0.6) is 11.6 Å². The maximum absolute atomic E-state index is 11.0. The summed E-state index contributed by atoms with van der Waals surface area (Å²) < 4.78 is 10.6. The largest absolute Gasteiger partial charge is 0.493 e. The molecule has 7 heteroatoms. The number of aromatic carboxylic acids is 1. The third-order valence-electron chi connectivity index (χ3n) is 2.80. The standard InChI is InChI=1S/C14H15N3O4/c1-4-21-11-5-12(20-3)15-7-10(11)13-16-6-9(14(18)19)8(2)17-13/h5-7H,4H2,1-3H3,(H,18,19). The van der Waals surface area contributed by atoms with Gasteiger partial charge in [0.2, 0.25) is 5.88 Å². The second-order valence-corrected chi connectivity index (χ2v) is 4.15. The molecule has 0 atom stereocenters. The molecule has 0 aliphatic heterocycles. The topological polar surface area (TPSA) is 94.4 Å². The lowest BCUT2D eigenvalue weighted by atomic mass is 10.2. The summed E-state index contributed by atoms with van der Waals surface area (Å²) in [5.74, 6) is 0.251. The van der Waals surface area contributed by atoms with Crippen molar-refractivity contribution in [3.63, 3.8) is 0 Å². The van der Waals surface area contributed by atoms with Gasteiger partial charge in [-0.25, -0.2) is 19.7 Å². The second kappa shape index (κ2) is 6.17. The van der Waals surface area contributed by atoms with Gasteiger partial charge in [-0.2, -0.15) is 0 Å². The van der Waals surface area contributed by atoms with Crippen molar-refractivity contribution in [3.05, 3.63) is 29.7 Å². The molecule has 2 aromatic heterocycles. The van der Waals surface area contributed by atoms with E-state index in [1.54, 1.807) is 19.2 Å². The zero-order valence-corrected chi connectivity index (χ0v) is 12.0. The molecule has 7 nitrogen and oxygen atoms in total. The van der Waals surface area contributed by atoms with Gasteiger partial charge in [-0.15, -0.1) is 0 Å². The molecule has 0 unspecified atom stereocenters. The van der Waals surface area contributed by atoms with Gasteiger partial charge in [0, 0.05) is 18.5 Å². The molecule has 0 amide bonds. The van der Waals surface area contributed by atoms with E-state index in [9.17, 15) is 4.79 Å². The van der Waals surface area contributed by atoms with Crippen LogP contribution in [0.1, 0.15) is 23.0 Å². The minimum atomic E-state index is -1.06. The highest BCUT2D eigenvalue weighted by molar-refractivity contribution is 5.88. The molecule has 2 rings (SSSR count). The van der Waals surface area contributed by atoms with Crippen LogP contribution in [0, 0.1) is 6.92 Å². The Morgan fingerprint density at radius 1 is 1.33 bits per heavy atom. The fourth-order valence-electron chi connectivity index (χ4n) is 1.78. The van der Waals surface area contributed by atoms with Gasteiger partial charge in [0.15, 0.2) is 5.82 Å². The number of methoxy groups -OCH3 is 1. The third-order valence-corrected chi connectivity index (χ3v) is 2.80. The van der Waals surface area contributed by atoms with E-state index < -0.39 is 5.97 Å². The molecule has 0 aromatic carbocycles. The number of ether oxygens (including phenoxy) is 2. The molecular weight excluding hydrogens is 274 g/mol. The number of carboxylic acids is 1. The summed E-state index contributed by atoms with van der Waals surface area (Å²) in [4.78, 5) is 23.4. The fraction of sp³-hybridized carbons (Fsp3) is 0.286. The number of hydrogen-bond acceptors (Lipinski definition) is 6. The average molecular weight is 289 g/mol. The maximum Gasteiger partial charge on any atom is 0.339 e. The molecule has 0 saturated heterocycles. The molecule has 1 N–H and O–H groups in total. The Hall–Kier alpha value is -2.70. The molecule has 0 fully saturated rings. The van der Waals surface area contributed by atoms with Gasteiger partial charge >= 0.3 is 5.97 Å². The highest BCUT2D eigenvalue weighted by atomic mass is 16.5. The SMILES string of the molecule is CCOc1cc(OC)ncc1-c1ncc(C(=O)O)c(C)n1. The van der Waals surface area contributed by atoms with Crippen LogP contribution >= 0.6 is 0 Å². The molecule has 0 saturated carbocycles. The van der Waals surface area contributed by atoms with Crippen LogP contribution in [0.4, 0.5) is 0 Å². The summed E-state index contributed by atoms with van der Waals surface area (Å²) in [7, 11) is 1.51. The van der Waals surface area contributed by atoms with Crippen LogP contribution in [-0.4, -0.2) is 39.7 Å². The average Bonchev–Trinajstić information content (AvgIpc) is 2.47. The minimum Gasteiger partial charge on any atom is -0.493 e. The number of carboxylic acid groups (broad SMARTS) is 1. The van der Waals surface area contributed by atoms with Crippen molar-refractivity contribution in [1.82, 2.24) is 15.0 Å². The van der Waals surface area contributed by atoms with Gasteiger partial charge in [-0.05, 0) is 13.8 Å². The molecule has 110 valence electrons.